The quantitative estimate of drug-likeness (QED) is 0.350. The Morgan fingerprint density at radius 2 is 1.79 bits per heavy atom. The van der Waals surface area contributed by atoms with Crippen LogP contribution in [0.4, 0.5) is 0 Å². The maximum Gasteiger partial charge on any atom is 0.271 e. The van der Waals surface area contributed by atoms with Crippen molar-refractivity contribution in [2.45, 2.75) is 6.04 Å². The SMILES string of the molecule is COc1cc(Br)cc(C=c2sc3n(c2=O)C(c2ccc(Br)cc2)C=C(c2ccccc2)N=3)c1O. The fourth-order valence-electron chi connectivity index (χ4n) is 3.85. The number of hydrogen-bond donors (Lipinski definition) is 1. The molecule has 0 aliphatic carbocycles. The normalized spacial score (nSPS) is 15.4. The van der Waals surface area contributed by atoms with Gasteiger partial charge in [-0.25, -0.2) is 4.99 Å². The number of allylic oxidation sites excluding steroid dienone is 1. The number of aromatic hydroxyl groups is 1. The van der Waals surface area contributed by atoms with Crippen LogP contribution in [-0.4, -0.2) is 16.8 Å². The van der Waals surface area contributed by atoms with Gasteiger partial charge in [0.15, 0.2) is 16.3 Å². The lowest BCUT2D eigenvalue weighted by molar-refractivity contribution is 0.372. The standard InChI is InChI=1S/C26H18Br2N2O3S/c1-33-22-13-19(28)11-17(24(22)31)12-23-25(32)30-21(16-7-9-18(27)10-8-16)14-20(29-26(30)34-23)15-5-3-2-4-6-15/h2-14,21,31H,1H3. The van der Waals surface area contributed by atoms with Crippen LogP contribution in [0.3, 0.4) is 0 Å². The first-order valence-corrected chi connectivity index (χ1v) is 12.8. The van der Waals surface area contributed by atoms with Crippen LogP contribution in [0, 0.1) is 0 Å². The minimum Gasteiger partial charge on any atom is -0.504 e. The molecule has 8 heteroatoms. The molecule has 170 valence electrons. The number of methoxy groups -OCH3 is 1. The predicted molar refractivity (Wildman–Crippen MR) is 142 cm³/mol. The highest BCUT2D eigenvalue weighted by Crippen LogP contribution is 2.34. The zero-order valence-electron chi connectivity index (χ0n) is 17.9. The molecule has 5 nitrogen and oxygen atoms in total. The minimum absolute atomic E-state index is 0.0223. The van der Waals surface area contributed by atoms with E-state index in [1.807, 2.05) is 60.7 Å². The molecule has 3 aromatic carbocycles. The third-order valence-electron chi connectivity index (χ3n) is 5.50. The fraction of sp³-hybridized carbons (Fsp3) is 0.0769. The van der Waals surface area contributed by atoms with E-state index in [1.54, 1.807) is 22.8 Å². The molecular formula is C26H18Br2N2O3S. The molecule has 5 rings (SSSR count). The fourth-order valence-corrected chi connectivity index (χ4v) is 5.58. The Labute approximate surface area is 216 Å². The van der Waals surface area contributed by atoms with Crippen LogP contribution in [-0.2, 0) is 0 Å². The first-order chi connectivity index (χ1) is 16.4. The Balaban J connectivity index is 1.74. The number of thiazole rings is 1. The van der Waals surface area contributed by atoms with Gasteiger partial charge in [-0.2, -0.15) is 0 Å². The maximum atomic E-state index is 13.6. The highest BCUT2D eigenvalue weighted by Gasteiger charge is 2.22. The molecule has 0 fully saturated rings. The van der Waals surface area contributed by atoms with E-state index in [0.29, 0.717) is 20.6 Å². The summed E-state index contributed by atoms with van der Waals surface area (Å²) in [6.45, 7) is 0. The molecule has 1 unspecified atom stereocenters. The molecule has 0 bridgehead atoms. The zero-order chi connectivity index (χ0) is 23.8. The molecule has 1 N–H and O–H groups in total. The molecule has 0 amide bonds. The lowest BCUT2D eigenvalue weighted by atomic mass is 10.0. The summed E-state index contributed by atoms with van der Waals surface area (Å²) in [6, 6.07) is 21.0. The molecule has 1 aliphatic heterocycles. The summed E-state index contributed by atoms with van der Waals surface area (Å²) < 4.78 is 9.13. The molecule has 0 saturated heterocycles. The summed E-state index contributed by atoms with van der Waals surface area (Å²) in [4.78, 5) is 19.0. The number of rotatable bonds is 4. The number of phenols is 1. The van der Waals surface area contributed by atoms with Crippen molar-refractivity contribution in [1.82, 2.24) is 4.57 Å². The molecule has 2 heterocycles. The lowest BCUT2D eigenvalue weighted by Crippen LogP contribution is -2.36. The van der Waals surface area contributed by atoms with Crippen molar-refractivity contribution in [3.05, 3.63) is 118 Å². The van der Waals surface area contributed by atoms with Crippen molar-refractivity contribution < 1.29 is 9.84 Å². The molecule has 1 aliphatic rings. The Morgan fingerprint density at radius 3 is 2.50 bits per heavy atom. The molecule has 4 aromatic rings. The van der Waals surface area contributed by atoms with Crippen LogP contribution >= 0.6 is 43.2 Å². The zero-order valence-corrected chi connectivity index (χ0v) is 21.9. The van der Waals surface area contributed by atoms with E-state index >= 15 is 0 Å². The van der Waals surface area contributed by atoms with E-state index in [-0.39, 0.29) is 17.4 Å². The summed E-state index contributed by atoms with van der Waals surface area (Å²) in [5, 5.41) is 10.6. The number of fused-ring (bicyclic) bond motifs is 1. The van der Waals surface area contributed by atoms with Crippen molar-refractivity contribution >= 4 is 55.0 Å². The molecular weight excluding hydrogens is 580 g/mol. The van der Waals surface area contributed by atoms with Crippen molar-refractivity contribution in [2.24, 2.45) is 4.99 Å². The molecule has 0 radical (unpaired) electrons. The summed E-state index contributed by atoms with van der Waals surface area (Å²) in [6.07, 6.45) is 3.69. The van der Waals surface area contributed by atoms with E-state index in [2.05, 4.69) is 31.9 Å². The molecule has 0 saturated carbocycles. The van der Waals surface area contributed by atoms with Gasteiger partial charge in [-0.3, -0.25) is 9.36 Å². The topological polar surface area (TPSA) is 63.8 Å². The summed E-state index contributed by atoms with van der Waals surface area (Å²) >= 11 is 8.22. The summed E-state index contributed by atoms with van der Waals surface area (Å²) in [5.41, 5.74) is 3.09. The number of ether oxygens (including phenoxy) is 1. The maximum absolute atomic E-state index is 13.6. The van der Waals surface area contributed by atoms with Gasteiger partial charge in [0.2, 0.25) is 0 Å². The Bertz CT molecular complexity index is 1590. The number of phenolic OH excluding ortho intramolecular Hbond substituents is 1. The van der Waals surface area contributed by atoms with Gasteiger partial charge < -0.3 is 9.84 Å². The van der Waals surface area contributed by atoms with Gasteiger partial charge in [-0.05, 0) is 47.5 Å². The monoisotopic (exact) mass is 596 g/mol. The largest absolute Gasteiger partial charge is 0.504 e. The summed E-state index contributed by atoms with van der Waals surface area (Å²) in [7, 11) is 1.49. The third-order valence-corrected chi connectivity index (χ3v) is 7.47. The Kier molecular flexibility index (Phi) is 6.29. The van der Waals surface area contributed by atoms with Crippen LogP contribution in [0.5, 0.6) is 11.5 Å². The first-order valence-electron chi connectivity index (χ1n) is 10.4. The van der Waals surface area contributed by atoms with Gasteiger partial charge in [-0.15, -0.1) is 0 Å². The smallest absolute Gasteiger partial charge is 0.271 e. The Hall–Kier alpha value is -2.94. The van der Waals surface area contributed by atoms with Crippen LogP contribution in [0.2, 0.25) is 0 Å². The van der Waals surface area contributed by atoms with Crippen LogP contribution in [0.15, 0.2) is 91.5 Å². The molecule has 1 aromatic heterocycles. The number of aromatic nitrogens is 1. The Morgan fingerprint density at radius 1 is 1.06 bits per heavy atom. The summed E-state index contributed by atoms with van der Waals surface area (Å²) in [5.74, 6) is 0.304. The average molecular weight is 598 g/mol. The molecule has 1 atom stereocenters. The lowest BCUT2D eigenvalue weighted by Gasteiger charge is -2.19. The average Bonchev–Trinajstić information content (AvgIpc) is 3.16. The molecule has 0 spiro atoms. The van der Waals surface area contributed by atoms with Crippen molar-refractivity contribution in [3.8, 4) is 11.5 Å². The van der Waals surface area contributed by atoms with Crippen molar-refractivity contribution in [1.29, 1.82) is 0 Å². The minimum atomic E-state index is -0.313. The number of nitrogens with zero attached hydrogens (tertiary/aromatic N) is 2. The second-order valence-electron chi connectivity index (χ2n) is 7.64. The van der Waals surface area contributed by atoms with Gasteiger partial charge in [0.25, 0.3) is 5.56 Å². The van der Waals surface area contributed by atoms with Crippen LogP contribution in [0.25, 0.3) is 11.8 Å². The van der Waals surface area contributed by atoms with Crippen molar-refractivity contribution in [2.75, 3.05) is 7.11 Å². The first kappa shape index (κ1) is 22.8. The predicted octanol–water partition coefficient (Wildman–Crippen LogP) is 5.24. The second-order valence-corrected chi connectivity index (χ2v) is 10.5. The number of halogens is 2. The number of benzene rings is 3. The van der Waals surface area contributed by atoms with Gasteiger partial charge in [0.1, 0.15) is 0 Å². The van der Waals surface area contributed by atoms with E-state index in [1.165, 1.54) is 18.4 Å². The molecule has 34 heavy (non-hydrogen) atoms. The van der Waals surface area contributed by atoms with Gasteiger partial charge in [0.05, 0.1) is 23.4 Å². The third kappa shape index (κ3) is 4.29. The second kappa shape index (κ2) is 9.37. The van der Waals surface area contributed by atoms with E-state index in [9.17, 15) is 9.90 Å². The van der Waals surface area contributed by atoms with E-state index in [4.69, 9.17) is 9.73 Å². The van der Waals surface area contributed by atoms with Gasteiger partial charge in [-0.1, -0.05) is 85.7 Å². The van der Waals surface area contributed by atoms with E-state index in [0.717, 1.165) is 25.8 Å². The van der Waals surface area contributed by atoms with Gasteiger partial charge in [0, 0.05) is 14.5 Å². The van der Waals surface area contributed by atoms with Crippen LogP contribution < -0.4 is 19.6 Å². The highest BCUT2D eigenvalue weighted by atomic mass is 79.9. The van der Waals surface area contributed by atoms with Gasteiger partial charge >= 0.3 is 0 Å². The van der Waals surface area contributed by atoms with E-state index < -0.39 is 0 Å². The highest BCUT2D eigenvalue weighted by molar-refractivity contribution is 9.10. The van der Waals surface area contributed by atoms with Crippen LogP contribution in [0.1, 0.15) is 22.7 Å². The number of hydrogen-bond acceptors (Lipinski definition) is 5. The van der Waals surface area contributed by atoms with Crippen molar-refractivity contribution in [3.63, 3.8) is 0 Å².